The molecule has 0 saturated carbocycles. The molecule has 1 rings (SSSR count). The van der Waals surface area contributed by atoms with Crippen LogP contribution in [0.3, 0.4) is 0 Å². The molecule has 0 aliphatic rings. The SMILES string of the molecule is CCOCC(C)NCc1cccc(F)c1Br. The molecule has 16 heavy (non-hydrogen) atoms. The Morgan fingerprint density at radius 2 is 2.25 bits per heavy atom. The topological polar surface area (TPSA) is 21.3 Å². The number of rotatable bonds is 6. The third-order valence-corrected chi connectivity index (χ3v) is 3.13. The fourth-order valence-electron chi connectivity index (χ4n) is 1.32. The molecule has 0 aromatic heterocycles. The first-order valence-corrected chi connectivity index (χ1v) is 6.18. The lowest BCUT2D eigenvalue weighted by molar-refractivity contribution is 0.127. The van der Waals surface area contributed by atoms with E-state index in [0.717, 1.165) is 12.2 Å². The van der Waals surface area contributed by atoms with Crippen LogP contribution < -0.4 is 5.32 Å². The zero-order valence-corrected chi connectivity index (χ0v) is 11.2. The van der Waals surface area contributed by atoms with Crippen molar-refractivity contribution in [1.29, 1.82) is 0 Å². The number of benzene rings is 1. The fourth-order valence-corrected chi connectivity index (χ4v) is 1.73. The summed E-state index contributed by atoms with van der Waals surface area (Å²) < 4.78 is 19.0. The maximum Gasteiger partial charge on any atom is 0.137 e. The van der Waals surface area contributed by atoms with Gasteiger partial charge in [-0.3, -0.25) is 0 Å². The predicted molar refractivity (Wildman–Crippen MR) is 66.9 cm³/mol. The van der Waals surface area contributed by atoms with Crippen molar-refractivity contribution in [2.75, 3.05) is 13.2 Å². The summed E-state index contributed by atoms with van der Waals surface area (Å²) >= 11 is 3.24. The third kappa shape index (κ3) is 4.20. The van der Waals surface area contributed by atoms with Gasteiger partial charge in [0.15, 0.2) is 0 Å². The molecule has 0 aliphatic heterocycles. The Hall–Kier alpha value is -0.450. The summed E-state index contributed by atoms with van der Waals surface area (Å²) in [6.07, 6.45) is 0. The van der Waals surface area contributed by atoms with Crippen LogP contribution in [0.15, 0.2) is 22.7 Å². The van der Waals surface area contributed by atoms with Gasteiger partial charge in [0.2, 0.25) is 0 Å². The molecule has 0 bridgehead atoms. The summed E-state index contributed by atoms with van der Waals surface area (Å²) in [5.74, 6) is -0.225. The van der Waals surface area contributed by atoms with E-state index in [4.69, 9.17) is 4.74 Å². The van der Waals surface area contributed by atoms with Gasteiger partial charge >= 0.3 is 0 Å². The molecule has 90 valence electrons. The molecule has 1 aromatic rings. The van der Waals surface area contributed by atoms with Crippen LogP contribution in [0, 0.1) is 5.82 Å². The first kappa shape index (κ1) is 13.6. The standard InChI is InChI=1S/C12H17BrFNO/c1-3-16-8-9(2)15-7-10-5-4-6-11(14)12(10)13/h4-6,9,15H,3,7-8H2,1-2H3. The van der Waals surface area contributed by atoms with Crippen LogP contribution in [0.2, 0.25) is 0 Å². The van der Waals surface area contributed by atoms with Crippen molar-refractivity contribution in [3.05, 3.63) is 34.1 Å². The molecule has 4 heteroatoms. The van der Waals surface area contributed by atoms with Crippen LogP contribution in [-0.4, -0.2) is 19.3 Å². The van der Waals surface area contributed by atoms with Gasteiger partial charge in [-0.2, -0.15) is 0 Å². The lowest BCUT2D eigenvalue weighted by Crippen LogP contribution is -2.30. The molecular formula is C12H17BrFNO. The lowest BCUT2D eigenvalue weighted by atomic mass is 10.2. The molecule has 0 amide bonds. The minimum absolute atomic E-state index is 0.225. The van der Waals surface area contributed by atoms with E-state index in [1.807, 2.05) is 19.9 Å². The van der Waals surface area contributed by atoms with Crippen LogP contribution in [0.5, 0.6) is 0 Å². The van der Waals surface area contributed by atoms with E-state index in [-0.39, 0.29) is 11.9 Å². The van der Waals surface area contributed by atoms with Crippen LogP contribution in [0.1, 0.15) is 19.4 Å². The number of hydrogen-bond acceptors (Lipinski definition) is 2. The highest BCUT2D eigenvalue weighted by atomic mass is 79.9. The highest BCUT2D eigenvalue weighted by molar-refractivity contribution is 9.10. The summed E-state index contributed by atoms with van der Waals surface area (Å²) in [6, 6.07) is 5.31. The number of ether oxygens (including phenoxy) is 1. The second kappa shape index (κ2) is 6.99. The summed E-state index contributed by atoms with van der Waals surface area (Å²) in [7, 11) is 0. The normalized spacial score (nSPS) is 12.8. The van der Waals surface area contributed by atoms with Gasteiger partial charge in [0.05, 0.1) is 11.1 Å². The average molecular weight is 290 g/mol. The molecule has 1 aromatic carbocycles. The van der Waals surface area contributed by atoms with Crippen molar-refractivity contribution < 1.29 is 9.13 Å². The average Bonchev–Trinajstić information content (AvgIpc) is 2.28. The van der Waals surface area contributed by atoms with Crippen LogP contribution in [0.4, 0.5) is 4.39 Å². The largest absolute Gasteiger partial charge is 0.380 e. The molecule has 1 N–H and O–H groups in total. The van der Waals surface area contributed by atoms with Crippen molar-refractivity contribution in [3.63, 3.8) is 0 Å². The summed E-state index contributed by atoms with van der Waals surface area (Å²) in [5.41, 5.74) is 0.920. The second-order valence-electron chi connectivity index (χ2n) is 3.65. The van der Waals surface area contributed by atoms with E-state index in [2.05, 4.69) is 21.2 Å². The number of hydrogen-bond donors (Lipinski definition) is 1. The van der Waals surface area contributed by atoms with Gasteiger partial charge in [0.1, 0.15) is 5.82 Å². The van der Waals surface area contributed by atoms with E-state index >= 15 is 0 Å². The lowest BCUT2D eigenvalue weighted by Gasteiger charge is -2.14. The van der Waals surface area contributed by atoms with Crippen molar-refractivity contribution in [2.24, 2.45) is 0 Å². The second-order valence-corrected chi connectivity index (χ2v) is 4.45. The summed E-state index contributed by atoms with van der Waals surface area (Å²) in [6.45, 7) is 6.03. The zero-order chi connectivity index (χ0) is 12.0. The van der Waals surface area contributed by atoms with E-state index in [1.165, 1.54) is 6.07 Å². The van der Waals surface area contributed by atoms with Gasteiger partial charge in [-0.25, -0.2) is 4.39 Å². The van der Waals surface area contributed by atoms with Gasteiger partial charge < -0.3 is 10.1 Å². The Balaban J connectivity index is 2.45. The zero-order valence-electron chi connectivity index (χ0n) is 9.59. The Bertz CT molecular complexity index is 333. The Labute approximate surface area is 104 Å². The first-order chi connectivity index (χ1) is 7.65. The monoisotopic (exact) mass is 289 g/mol. The highest BCUT2D eigenvalue weighted by Gasteiger charge is 2.06. The summed E-state index contributed by atoms with van der Waals surface area (Å²) in [4.78, 5) is 0. The van der Waals surface area contributed by atoms with Crippen LogP contribution in [-0.2, 0) is 11.3 Å². The van der Waals surface area contributed by atoms with Gasteiger partial charge in [0, 0.05) is 19.2 Å². The van der Waals surface area contributed by atoms with Gasteiger partial charge in [-0.1, -0.05) is 12.1 Å². The van der Waals surface area contributed by atoms with E-state index < -0.39 is 0 Å². The quantitative estimate of drug-likeness (QED) is 0.869. The van der Waals surface area contributed by atoms with Crippen molar-refractivity contribution in [1.82, 2.24) is 5.32 Å². The molecule has 2 nitrogen and oxygen atoms in total. The smallest absolute Gasteiger partial charge is 0.137 e. The third-order valence-electron chi connectivity index (χ3n) is 2.24. The minimum Gasteiger partial charge on any atom is -0.380 e. The molecule has 0 saturated heterocycles. The van der Waals surface area contributed by atoms with E-state index in [1.54, 1.807) is 6.07 Å². The van der Waals surface area contributed by atoms with Crippen molar-refractivity contribution in [3.8, 4) is 0 Å². The van der Waals surface area contributed by atoms with E-state index in [9.17, 15) is 4.39 Å². The molecule has 0 spiro atoms. The first-order valence-electron chi connectivity index (χ1n) is 5.39. The Morgan fingerprint density at radius 1 is 1.50 bits per heavy atom. The molecule has 1 unspecified atom stereocenters. The van der Waals surface area contributed by atoms with Gasteiger partial charge in [-0.05, 0) is 41.4 Å². The van der Waals surface area contributed by atoms with Crippen molar-refractivity contribution >= 4 is 15.9 Å². The highest BCUT2D eigenvalue weighted by Crippen LogP contribution is 2.20. The maximum atomic E-state index is 13.2. The van der Waals surface area contributed by atoms with Crippen LogP contribution in [0.25, 0.3) is 0 Å². The van der Waals surface area contributed by atoms with E-state index in [0.29, 0.717) is 17.6 Å². The molecule has 0 heterocycles. The fraction of sp³-hybridized carbons (Fsp3) is 0.500. The molecule has 0 aliphatic carbocycles. The Morgan fingerprint density at radius 3 is 2.94 bits per heavy atom. The van der Waals surface area contributed by atoms with Gasteiger partial charge in [-0.15, -0.1) is 0 Å². The number of halogens is 2. The molecular weight excluding hydrogens is 273 g/mol. The minimum atomic E-state index is -0.225. The van der Waals surface area contributed by atoms with Crippen molar-refractivity contribution in [2.45, 2.75) is 26.4 Å². The molecule has 0 radical (unpaired) electrons. The summed E-state index contributed by atoms with van der Waals surface area (Å²) in [5, 5.41) is 3.28. The maximum absolute atomic E-state index is 13.2. The van der Waals surface area contributed by atoms with Crippen LogP contribution >= 0.6 is 15.9 Å². The molecule has 0 fully saturated rings. The number of nitrogens with one attached hydrogen (secondary N) is 1. The Kier molecular flexibility index (Phi) is 5.95. The van der Waals surface area contributed by atoms with Gasteiger partial charge in [0.25, 0.3) is 0 Å². The predicted octanol–water partition coefficient (Wildman–Crippen LogP) is 3.10. The molecule has 1 atom stereocenters.